The molecule has 1 aromatic carbocycles. The lowest BCUT2D eigenvalue weighted by atomic mass is 10.0. The van der Waals surface area contributed by atoms with Crippen molar-refractivity contribution in [1.29, 1.82) is 0 Å². The lowest BCUT2D eigenvalue weighted by Gasteiger charge is -2.20. The molecule has 1 rings (SSSR count). The number of hydrogen-bond acceptors (Lipinski definition) is 3. The second-order valence-electron chi connectivity index (χ2n) is 4.70. The molecule has 1 amide bonds. The minimum atomic E-state index is -0.527. The maximum atomic E-state index is 12.2. The van der Waals surface area contributed by atoms with Gasteiger partial charge < -0.3 is 5.32 Å². The van der Waals surface area contributed by atoms with Crippen LogP contribution in [0.2, 0.25) is 0 Å². The highest BCUT2D eigenvalue weighted by Crippen LogP contribution is 2.22. The van der Waals surface area contributed by atoms with Crippen molar-refractivity contribution < 1.29 is 9.72 Å². The lowest BCUT2D eigenvalue weighted by molar-refractivity contribution is -0.385. The van der Waals surface area contributed by atoms with Gasteiger partial charge in [-0.05, 0) is 18.4 Å². The van der Waals surface area contributed by atoms with Gasteiger partial charge in [-0.3, -0.25) is 14.9 Å². The quantitative estimate of drug-likeness (QED) is 0.513. The zero-order valence-electron chi connectivity index (χ0n) is 11.1. The van der Waals surface area contributed by atoms with Gasteiger partial charge in [0.1, 0.15) is 5.56 Å². The second kappa shape index (κ2) is 6.65. The molecule has 6 heteroatoms. The van der Waals surface area contributed by atoms with Crippen molar-refractivity contribution in [3.8, 4) is 0 Å². The van der Waals surface area contributed by atoms with Crippen LogP contribution in [0.3, 0.4) is 0 Å². The SMILES string of the molecule is Cc1cccc([N+](=O)[O-])c1C(=O)NC(CBr)C(C)C. The van der Waals surface area contributed by atoms with Crippen LogP contribution >= 0.6 is 15.9 Å². The number of aryl methyl sites for hydroxylation is 1. The van der Waals surface area contributed by atoms with Gasteiger partial charge in [0.05, 0.1) is 4.92 Å². The molecule has 1 N–H and O–H groups in total. The monoisotopic (exact) mass is 328 g/mol. The third-order valence-electron chi connectivity index (χ3n) is 2.96. The number of nitrogens with zero attached hydrogens (tertiary/aromatic N) is 1. The van der Waals surface area contributed by atoms with Crippen molar-refractivity contribution in [2.75, 3.05) is 5.33 Å². The summed E-state index contributed by atoms with van der Waals surface area (Å²) in [5, 5.41) is 14.4. The molecular weight excluding hydrogens is 312 g/mol. The highest BCUT2D eigenvalue weighted by molar-refractivity contribution is 9.09. The summed E-state index contributed by atoms with van der Waals surface area (Å²) in [6.07, 6.45) is 0. The van der Waals surface area contributed by atoms with Gasteiger partial charge in [-0.25, -0.2) is 0 Å². The Morgan fingerprint density at radius 1 is 1.47 bits per heavy atom. The zero-order chi connectivity index (χ0) is 14.6. The summed E-state index contributed by atoms with van der Waals surface area (Å²) in [5.41, 5.74) is 0.581. The number of carbonyl (C=O) groups is 1. The fraction of sp³-hybridized carbons (Fsp3) is 0.462. The molecule has 0 heterocycles. The molecule has 104 valence electrons. The molecule has 0 saturated heterocycles. The van der Waals surface area contributed by atoms with Crippen molar-refractivity contribution in [3.05, 3.63) is 39.4 Å². The summed E-state index contributed by atoms with van der Waals surface area (Å²) in [6.45, 7) is 5.66. The Morgan fingerprint density at radius 3 is 2.58 bits per heavy atom. The van der Waals surface area contributed by atoms with Crippen molar-refractivity contribution in [2.45, 2.75) is 26.8 Å². The Hall–Kier alpha value is -1.43. The van der Waals surface area contributed by atoms with Crippen LogP contribution in [-0.4, -0.2) is 22.2 Å². The Balaban J connectivity index is 3.09. The molecule has 0 radical (unpaired) electrons. The summed E-state index contributed by atoms with van der Waals surface area (Å²) in [6, 6.07) is 4.56. The van der Waals surface area contributed by atoms with Crippen molar-refractivity contribution in [1.82, 2.24) is 5.32 Å². The number of amides is 1. The molecule has 0 aliphatic rings. The molecule has 0 aliphatic carbocycles. The molecule has 5 nitrogen and oxygen atoms in total. The summed E-state index contributed by atoms with van der Waals surface area (Å²) >= 11 is 3.33. The van der Waals surface area contributed by atoms with E-state index in [0.29, 0.717) is 10.9 Å². The predicted octanol–water partition coefficient (Wildman–Crippen LogP) is 3.05. The Bertz CT molecular complexity index is 489. The molecule has 0 aliphatic heterocycles. The number of nitro groups is 1. The number of rotatable bonds is 5. The minimum absolute atomic E-state index is 0.0632. The van der Waals surface area contributed by atoms with E-state index < -0.39 is 10.8 Å². The summed E-state index contributed by atoms with van der Waals surface area (Å²) in [7, 11) is 0. The summed E-state index contributed by atoms with van der Waals surface area (Å²) in [5.74, 6) is -0.158. The lowest BCUT2D eigenvalue weighted by Crippen LogP contribution is -2.40. The first-order chi connectivity index (χ1) is 8.88. The van der Waals surface area contributed by atoms with E-state index in [0.717, 1.165) is 0 Å². The van der Waals surface area contributed by atoms with Crippen molar-refractivity contribution in [3.63, 3.8) is 0 Å². The number of nitrogens with one attached hydrogen (secondary N) is 1. The van der Waals surface area contributed by atoms with Crippen LogP contribution in [0, 0.1) is 23.0 Å². The van der Waals surface area contributed by atoms with E-state index in [1.165, 1.54) is 6.07 Å². The molecule has 1 unspecified atom stereocenters. The Morgan fingerprint density at radius 2 is 2.11 bits per heavy atom. The number of benzene rings is 1. The molecule has 0 saturated carbocycles. The van der Waals surface area contributed by atoms with Crippen LogP contribution < -0.4 is 5.32 Å². The number of nitro benzene ring substituents is 1. The number of hydrogen-bond donors (Lipinski definition) is 1. The first-order valence-electron chi connectivity index (χ1n) is 5.99. The molecule has 1 atom stereocenters. The molecule has 0 fully saturated rings. The molecule has 0 bridgehead atoms. The standard InChI is InChI=1S/C13H17BrN2O3/c1-8(2)10(7-14)15-13(17)12-9(3)5-4-6-11(12)16(18)19/h4-6,8,10H,7H2,1-3H3,(H,15,17). The van der Waals surface area contributed by atoms with Crippen LogP contribution in [0.25, 0.3) is 0 Å². The van der Waals surface area contributed by atoms with Crippen LogP contribution in [0.5, 0.6) is 0 Å². The van der Waals surface area contributed by atoms with Gasteiger partial charge in [0, 0.05) is 17.4 Å². The zero-order valence-corrected chi connectivity index (χ0v) is 12.7. The molecule has 19 heavy (non-hydrogen) atoms. The van der Waals surface area contributed by atoms with Gasteiger partial charge in [0.25, 0.3) is 11.6 Å². The smallest absolute Gasteiger partial charge is 0.282 e. The van der Waals surface area contributed by atoms with E-state index in [9.17, 15) is 14.9 Å². The largest absolute Gasteiger partial charge is 0.348 e. The van der Waals surface area contributed by atoms with Crippen LogP contribution in [0.4, 0.5) is 5.69 Å². The van der Waals surface area contributed by atoms with E-state index in [-0.39, 0.29) is 23.2 Å². The normalized spacial score (nSPS) is 12.3. The maximum absolute atomic E-state index is 12.2. The number of carbonyl (C=O) groups excluding carboxylic acids is 1. The van der Waals surface area contributed by atoms with Crippen molar-refractivity contribution >= 4 is 27.5 Å². The topological polar surface area (TPSA) is 72.2 Å². The Kier molecular flexibility index (Phi) is 5.47. The summed E-state index contributed by atoms with van der Waals surface area (Å²) < 4.78 is 0. The number of halogens is 1. The Labute approximate surface area is 120 Å². The van der Waals surface area contributed by atoms with E-state index in [2.05, 4.69) is 21.2 Å². The minimum Gasteiger partial charge on any atom is -0.348 e. The third-order valence-corrected chi connectivity index (χ3v) is 3.66. The highest BCUT2D eigenvalue weighted by atomic mass is 79.9. The number of alkyl halides is 1. The van der Waals surface area contributed by atoms with Crippen LogP contribution in [0.15, 0.2) is 18.2 Å². The van der Waals surface area contributed by atoms with E-state index in [1.807, 2.05) is 13.8 Å². The van der Waals surface area contributed by atoms with Gasteiger partial charge in [-0.15, -0.1) is 0 Å². The van der Waals surface area contributed by atoms with Gasteiger partial charge in [-0.1, -0.05) is 41.9 Å². The van der Waals surface area contributed by atoms with Gasteiger partial charge in [0.2, 0.25) is 0 Å². The average molecular weight is 329 g/mol. The van der Waals surface area contributed by atoms with Gasteiger partial charge >= 0.3 is 0 Å². The van der Waals surface area contributed by atoms with Crippen molar-refractivity contribution in [2.24, 2.45) is 5.92 Å². The fourth-order valence-electron chi connectivity index (χ4n) is 1.72. The first kappa shape index (κ1) is 15.6. The maximum Gasteiger partial charge on any atom is 0.282 e. The first-order valence-corrected chi connectivity index (χ1v) is 7.11. The van der Waals surface area contributed by atoms with Crippen LogP contribution in [0.1, 0.15) is 29.8 Å². The van der Waals surface area contributed by atoms with Gasteiger partial charge in [-0.2, -0.15) is 0 Å². The average Bonchev–Trinajstić information content (AvgIpc) is 2.34. The second-order valence-corrected chi connectivity index (χ2v) is 5.35. The summed E-state index contributed by atoms with van der Waals surface area (Å²) in [4.78, 5) is 22.7. The molecular formula is C13H17BrN2O3. The third kappa shape index (κ3) is 3.76. The molecule has 0 aromatic heterocycles. The predicted molar refractivity (Wildman–Crippen MR) is 77.7 cm³/mol. The molecule has 1 aromatic rings. The van der Waals surface area contributed by atoms with E-state index in [4.69, 9.17) is 0 Å². The highest BCUT2D eigenvalue weighted by Gasteiger charge is 2.24. The van der Waals surface area contributed by atoms with E-state index in [1.54, 1.807) is 19.1 Å². The fourth-order valence-corrected chi connectivity index (χ4v) is 2.63. The van der Waals surface area contributed by atoms with E-state index >= 15 is 0 Å². The molecule has 0 spiro atoms. The van der Waals surface area contributed by atoms with Crippen LogP contribution in [-0.2, 0) is 0 Å². The van der Waals surface area contributed by atoms with Gasteiger partial charge in [0.15, 0.2) is 0 Å².